The SMILES string of the molecule is COc1cc(F)ccc1-n1ncc2c(N3C[C@@H]4C[C@H]3C(=O)N(C)CCCn3c(C)nc5cccc(c53)-c3ccnc(n3)O4)ncnc21. The third-order valence-corrected chi connectivity index (χ3v) is 8.93. The summed E-state index contributed by atoms with van der Waals surface area (Å²) >= 11 is 0. The van der Waals surface area contributed by atoms with Crippen LogP contribution in [0.5, 0.6) is 11.8 Å². The van der Waals surface area contributed by atoms with Crippen LogP contribution in [0.1, 0.15) is 18.7 Å². The number of nitrogens with zero attached hydrogens (tertiary/aromatic N) is 10. The molecule has 4 bridgehead atoms. The van der Waals surface area contributed by atoms with Gasteiger partial charge >= 0.3 is 6.01 Å². The van der Waals surface area contributed by atoms with Crippen molar-refractivity contribution in [2.24, 2.45) is 0 Å². The summed E-state index contributed by atoms with van der Waals surface area (Å²) in [4.78, 5) is 41.1. The quantitative estimate of drug-likeness (QED) is 0.282. The van der Waals surface area contributed by atoms with Crippen LogP contribution in [0.4, 0.5) is 10.2 Å². The van der Waals surface area contributed by atoms with Crippen LogP contribution >= 0.6 is 0 Å². The van der Waals surface area contributed by atoms with E-state index in [4.69, 9.17) is 19.4 Å². The molecule has 0 unspecified atom stereocenters. The van der Waals surface area contributed by atoms with Crippen molar-refractivity contribution >= 4 is 33.8 Å². The molecule has 2 aliphatic heterocycles. The second kappa shape index (κ2) is 11.3. The highest BCUT2D eigenvalue weighted by molar-refractivity contribution is 5.93. The average molecular weight is 635 g/mol. The molecular weight excluding hydrogens is 603 g/mol. The fraction of sp³-hybridized carbons (Fsp3) is 0.303. The summed E-state index contributed by atoms with van der Waals surface area (Å²) in [6.45, 7) is 3.58. The van der Waals surface area contributed by atoms with Crippen molar-refractivity contribution < 1.29 is 18.7 Å². The molecule has 238 valence electrons. The van der Waals surface area contributed by atoms with Crippen molar-refractivity contribution in [2.75, 3.05) is 32.1 Å². The molecule has 1 amide bonds. The van der Waals surface area contributed by atoms with Gasteiger partial charge in [0.05, 0.1) is 42.0 Å². The van der Waals surface area contributed by atoms with Gasteiger partial charge in [-0.25, -0.2) is 29.0 Å². The topological polar surface area (TPSA) is 129 Å². The molecule has 2 aliphatic rings. The van der Waals surface area contributed by atoms with Gasteiger partial charge in [0.2, 0.25) is 5.91 Å². The van der Waals surface area contributed by atoms with Gasteiger partial charge in [0, 0.05) is 44.4 Å². The van der Waals surface area contributed by atoms with Crippen LogP contribution in [0, 0.1) is 12.7 Å². The van der Waals surface area contributed by atoms with Gasteiger partial charge in [-0.1, -0.05) is 12.1 Å². The number of hydrogen-bond acceptors (Lipinski definition) is 10. The number of para-hydroxylation sites is 1. The number of benzene rings is 2. The van der Waals surface area contributed by atoms with E-state index in [-0.39, 0.29) is 11.9 Å². The maximum atomic E-state index is 14.1. The Kier molecular flexibility index (Phi) is 6.92. The van der Waals surface area contributed by atoms with Gasteiger partial charge in [-0.2, -0.15) is 10.1 Å². The van der Waals surface area contributed by atoms with Crippen molar-refractivity contribution in [3.8, 4) is 28.7 Å². The van der Waals surface area contributed by atoms with Crippen molar-refractivity contribution in [1.82, 2.24) is 44.2 Å². The van der Waals surface area contributed by atoms with Crippen LogP contribution in [0.25, 0.3) is 39.0 Å². The third kappa shape index (κ3) is 4.87. The molecule has 0 radical (unpaired) electrons. The third-order valence-electron chi connectivity index (χ3n) is 8.93. The largest absolute Gasteiger partial charge is 0.494 e. The summed E-state index contributed by atoms with van der Waals surface area (Å²) in [6, 6.07) is 11.8. The normalized spacial score (nSPS) is 18.3. The molecule has 14 heteroatoms. The Labute approximate surface area is 268 Å². The highest BCUT2D eigenvalue weighted by Crippen LogP contribution is 2.35. The molecule has 0 aliphatic carbocycles. The number of fused-ring (bicyclic) bond motifs is 6. The first-order valence-electron chi connectivity index (χ1n) is 15.4. The molecule has 6 aromatic rings. The van der Waals surface area contributed by atoms with Gasteiger partial charge in [0.25, 0.3) is 0 Å². The van der Waals surface area contributed by atoms with Crippen molar-refractivity contribution in [2.45, 2.75) is 38.5 Å². The maximum absolute atomic E-state index is 14.1. The van der Waals surface area contributed by atoms with E-state index in [9.17, 15) is 9.18 Å². The summed E-state index contributed by atoms with van der Waals surface area (Å²) in [5.41, 5.74) is 4.58. The fourth-order valence-electron chi connectivity index (χ4n) is 6.72. The average Bonchev–Trinajstić information content (AvgIpc) is 3.79. The Morgan fingerprint density at radius 1 is 1.06 bits per heavy atom. The van der Waals surface area contributed by atoms with Gasteiger partial charge in [0.1, 0.15) is 47.4 Å². The number of ether oxygens (including phenoxy) is 2. The number of hydrogen-bond donors (Lipinski definition) is 0. The Morgan fingerprint density at radius 3 is 2.83 bits per heavy atom. The Balaban J connectivity index is 1.19. The van der Waals surface area contributed by atoms with Crippen LogP contribution in [0.15, 0.2) is 61.2 Å². The van der Waals surface area contributed by atoms with E-state index in [0.29, 0.717) is 54.3 Å². The van der Waals surface area contributed by atoms with Crippen LogP contribution in [0.2, 0.25) is 0 Å². The minimum atomic E-state index is -0.570. The zero-order chi connectivity index (χ0) is 32.2. The van der Waals surface area contributed by atoms with E-state index >= 15 is 0 Å². The van der Waals surface area contributed by atoms with E-state index in [1.807, 2.05) is 43.1 Å². The van der Waals surface area contributed by atoms with E-state index in [2.05, 4.69) is 24.6 Å². The molecule has 13 nitrogen and oxygen atoms in total. The summed E-state index contributed by atoms with van der Waals surface area (Å²) in [5.74, 6) is 1.27. The molecule has 0 spiro atoms. The number of rotatable bonds is 3. The second-order valence-corrected chi connectivity index (χ2v) is 11.8. The Hall–Kier alpha value is -5.66. The molecular formula is C33H31FN10O3. The number of amides is 1. The van der Waals surface area contributed by atoms with Crippen molar-refractivity contribution in [3.63, 3.8) is 0 Å². The lowest BCUT2D eigenvalue weighted by Crippen LogP contribution is -2.45. The number of likely N-dealkylation sites (N-methyl/N-ethyl adjacent to an activating group) is 1. The van der Waals surface area contributed by atoms with Gasteiger partial charge < -0.3 is 23.8 Å². The summed E-state index contributed by atoms with van der Waals surface area (Å²) in [6.07, 6.45) is 5.51. The fourth-order valence-corrected chi connectivity index (χ4v) is 6.72. The first-order chi connectivity index (χ1) is 22.9. The number of methoxy groups -OCH3 is 1. The molecule has 8 rings (SSSR count). The lowest BCUT2D eigenvalue weighted by Gasteiger charge is -2.28. The summed E-state index contributed by atoms with van der Waals surface area (Å²) in [5, 5.41) is 5.19. The Morgan fingerprint density at radius 2 is 1.96 bits per heavy atom. The minimum Gasteiger partial charge on any atom is -0.494 e. The van der Waals surface area contributed by atoms with Gasteiger partial charge in [-0.05, 0) is 37.6 Å². The van der Waals surface area contributed by atoms with Crippen LogP contribution < -0.4 is 14.4 Å². The van der Waals surface area contributed by atoms with Crippen molar-refractivity contribution in [3.05, 3.63) is 72.8 Å². The monoisotopic (exact) mass is 634 g/mol. The van der Waals surface area contributed by atoms with E-state index < -0.39 is 18.0 Å². The molecule has 2 aromatic carbocycles. The minimum absolute atomic E-state index is 0.0482. The van der Waals surface area contributed by atoms with E-state index in [1.54, 1.807) is 28.0 Å². The highest BCUT2D eigenvalue weighted by atomic mass is 19.1. The number of aryl methyl sites for hydroxylation is 2. The van der Waals surface area contributed by atoms with E-state index in [1.165, 1.54) is 25.6 Å². The standard InChI is InChI=1S/C33H31FN10O3/c1-19-39-25-7-4-6-22-24-10-11-35-33(40-24)47-21-15-27(32(45)41(2)12-5-13-42(19)29(22)25)43(17-21)30-23-16-38-44(31(23)37-18-36-30)26-9-8-20(34)14-28(26)46-3/h4,6-11,14,16,18,21,27H,5,12-13,15,17H2,1-3H3/t21-,27-/m0/s1. The zero-order valence-electron chi connectivity index (χ0n) is 26.0. The number of carbonyl (C=O) groups excluding carboxylic acids is 1. The molecule has 1 saturated heterocycles. The number of imidazole rings is 1. The number of anilines is 1. The molecule has 1 fully saturated rings. The molecule has 0 N–H and O–H groups in total. The van der Waals surface area contributed by atoms with Crippen molar-refractivity contribution in [1.29, 1.82) is 0 Å². The van der Waals surface area contributed by atoms with Gasteiger partial charge in [-0.15, -0.1) is 0 Å². The number of aromatic nitrogens is 8. The number of carbonyl (C=O) groups is 1. The predicted molar refractivity (Wildman–Crippen MR) is 171 cm³/mol. The molecule has 6 heterocycles. The Bertz CT molecular complexity index is 2160. The lowest BCUT2D eigenvalue weighted by atomic mass is 10.1. The van der Waals surface area contributed by atoms with Crippen LogP contribution in [-0.2, 0) is 11.3 Å². The van der Waals surface area contributed by atoms with Gasteiger partial charge in [-0.3, -0.25) is 4.79 Å². The highest BCUT2D eigenvalue weighted by Gasteiger charge is 2.41. The molecule has 2 atom stereocenters. The molecule has 0 saturated carbocycles. The van der Waals surface area contributed by atoms with Gasteiger partial charge in [0.15, 0.2) is 5.65 Å². The zero-order valence-corrected chi connectivity index (χ0v) is 26.0. The smallest absolute Gasteiger partial charge is 0.317 e. The molecule has 4 aromatic heterocycles. The second-order valence-electron chi connectivity index (χ2n) is 11.8. The van der Waals surface area contributed by atoms with E-state index in [0.717, 1.165) is 34.5 Å². The maximum Gasteiger partial charge on any atom is 0.317 e. The predicted octanol–water partition coefficient (Wildman–Crippen LogP) is 3.97. The summed E-state index contributed by atoms with van der Waals surface area (Å²) < 4.78 is 29.6. The molecule has 47 heavy (non-hydrogen) atoms. The lowest BCUT2D eigenvalue weighted by molar-refractivity contribution is -0.131. The first-order valence-corrected chi connectivity index (χ1v) is 15.4. The van der Waals surface area contributed by atoms with Crippen LogP contribution in [0.3, 0.4) is 0 Å². The number of halogens is 1. The summed E-state index contributed by atoms with van der Waals surface area (Å²) in [7, 11) is 3.30. The first kappa shape index (κ1) is 28.8. The van der Waals surface area contributed by atoms with Crippen LogP contribution in [-0.4, -0.2) is 89.5 Å².